The van der Waals surface area contributed by atoms with Crippen LogP contribution in [0.2, 0.25) is 0 Å². The molecule has 24 heavy (non-hydrogen) atoms. The second kappa shape index (κ2) is 7.94. The molecule has 0 unspecified atom stereocenters. The van der Waals surface area contributed by atoms with E-state index in [1.54, 1.807) is 12.1 Å². The molecule has 1 aliphatic rings. The Bertz CT molecular complexity index is 648. The number of piperidine rings is 1. The maximum absolute atomic E-state index is 12.3. The largest absolute Gasteiger partial charge is 0.369 e. The number of nitrogens with zero attached hydrogens (tertiary/aromatic N) is 2. The van der Waals surface area contributed by atoms with E-state index in [-0.39, 0.29) is 22.8 Å². The Labute approximate surface area is 143 Å². The second-order valence-electron chi connectivity index (χ2n) is 6.15. The molecule has 0 saturated carbocycles. The van der Waals surface area contributed by atoms with Crippen molar-refractivity contribution < 1.29 is 13.2 Å². The van der Waals surface area contributed by atoms with Gasteiger partial charge in [-0.05, 0) is 37.8 Å². The summed E-state index contributed by atoms with van der Waals surface area (Å²) < 4.78 is 27.4. The van der Waals surface area contributed by atoms with Crippen LogP contribution < -0.4 is 15.4 Å². The number of hydrogen-bond donors (Lipinski definition) is 2. The van der Waals surface area contributed by atoms with Gasteiger partial charge in [0.25, 0.3) is 0 Å². The van der Waals surface area contributed by atoms with E-state index in [9.17, 15) is 13.2 Å². The van der Waals surface area contributed by atoms with Gasteiger partial charge in [-0.15, -0.1) is 0 Å². The molecular formula is C16H26N4O3S. The van der Waals surface area contributed by atoms with Crippen LogP contribution in [0.3, 0.4) is 0 Å². The minimum atomic E-state index is -3.54. The van der Waals surface area contributed by atoms with E-state index >= 15 is 0 Å². The number of pyridine rings is 1. The minimum Gasteiger partial charge on any atom is -0.369 e. The summed E-state index contributed by atoms with van der Waals surface area (Å²) in [5.74, 6) is 0.390. The highest BCUT2D eigenvalue weighted by Crippen LogP contribution is 2.22. The van der Waals surface area contributed by atoms with Crippen molar-refractivity contribution >= 4 is 21.7 Å². The number of primary amides is 1. The number of nitrogens with two attached hydrogens (primary N) is 1. The molecule has 2 heterocycles. The first-order chi connectivity index (χ1) is 11.4. The van der Waals surface area contributed by atoms with Gasteiger partial charge in [0.05, 0.1) is 0 Å². The molecular weight excluding hydrogens is 328 g/mol. The summed E-state index contributed by atoms with van der Waals surface area (Å²) >= 11 is 0. The van der Waals surface area contributed by atoms with Crippen LogP contribution in [0, 0.1) is 5.92 Å². The third kappa shape index (κ3) is 4.45. The highest BCUT2D eigenvalue weighted by Gasteiger charge is 2.24. The van der Waals surface area contributed by atoms with E-state index in [0.29, 0.717) is 25.9 Å². The Morgan fingerprint density at radius 2 is 1.96 bits per heavy atom. The number of nitrogens with one attached hydrogen (secondary N) is 1. The maximum Gasteiger partial charge on any atom is 0.242 e. The third-order valence-electron chi connectivity index (χ3n) is 4.56. The monoisotopic (exact) mass is 354 g/mol. The molecule has 1 aliphatic heterocycles. The van der Waals surface area contributed by atoms with Crippen LogP contribution in [0.25, 0.3) is 0 Å². The van der Waals surface area contributed by atoms with Crippen molar-refractivity contribution in [1.82, 2.24) is 9.71 Å². The molecule has 3 N–H and O–H groups in total. The fourth-order valence-corrected chi connectivity index (χ4v) is 4.20. The topological polar surface area (TPSA) is 105 Å². The Hall–Kier alpha value is -1.67. The quantitative estimate of drug-likeness (QED) is 0.766. The molecule has 1 aromatic heterocycles. The van der Waals surface area contributed by atoms with Gasteiger partial charge in [0.15, 0.2) is 0 Å². The molecule has 1 amide bonds. The highest BCUT2D eigenvalue weighted by molar-refractivity contribution is 7.89. The zero-order chi connectivity index (χ0) is 17.7. The summed E-state index contributed by atoms with van der Waals surface area (Å²) in [6.45, 7) is 5.29. The van der Waals surface area contributed by atoms with Crippen LogP contribution in [0.15, 0.2) is 23.2 Å². The number of anilines is 1. The average molecular weight is 354 g/mol. The molecule has 0 spiro atoms. The maximum atomic E-state index is 12.3. The first-order valence-electron chi connectivity index (χ1n) is 8.40. The number of sulfonamides is 1. The fourth-order valence-electron chi connectivity index (χ4n) is 2.85. The van der Waals surface area contributed by atoms with Crippen molar-refractivity contribution in [2.45, 2.75) is 50.5 Å². The van der Waals surface area contributed by atoms with Crippen molar-refractivity contribution in [2.24, 2.45) is 11.7 Å². The van der Waals surface area contributed by atoms with E-state index in [1.807, 2.05) is 18.7 Å². The van der Waals surface area contributed by atoms with Crippen molar-refractivity contribution in [2.75, 3.05) is 18.0 Å². The third-order valence-corrected chi connectivity index (χ3v) is 6.07. The van der Waals surface area contributed by atoms with E-state index in [0.717, 1.165) is 18.7 Å². The molecule has 0 bridgehead atoms. The van der Waals surface area contributed by atoms with E-state index in [1.165, 1.54) is 6.20 Å². The summed E-state index contributed by atoms with van der Waals surface area (Å²) in [6.07, 6.45) is 4.28. The van der Waals surface area contributed by atoms with Crippen LogP contribution in [-0.2, 0) is 14.8 Å². The summed E-state index contributed by atoms with van der Waals surface area (Å²) in [6, 6.07) is 3.22. The summed E-state index contributed by atoms with van der Waals surface area (Å²) in [4.78, 5) is 17.7. The summed E-state index contributed by atoms with van der Waals surface area (Å²) in [7, 11) is -3.54. The van der Waals surface area contributed by atoms with Gasteiger partial charge in [-0.3, -0.25) is 4.79 Å². The molecule has 7 nitrogen and oxygen atoms in total. The lowest BCUT2D eigenvalue weighted by Gasteiger charge is -2.31. The van der Waals surface area contributed by atoms with Crippen molar-refractivity contribution in [1.29, 1.82) is 0 Å². The van der Waals surface area contributed by atoms with Crippen molar-refractivity contribution in [3.8, 4) is 0 Å². The average Bonchev–Trinajstić information content (AvgIpc) is 2.60. The van der Waals surface area contributed by atoms with Gasteiger partial charge in [-0.1, -0.05) is 13.8 Å². The first kappa shape index (κ1) is 18.7. The Morgan fingerprint density at radius 3 is 2.42 bits per heavy atom. The Morgan fingerprint density at radius 1 is 1.33 bits per heavy atom. The number of carbonyl (C=O) groups is 1. The predicted octanol–water partition coefficient (Wildman–Crippen LogP) is 1.25. The van der Waals surface area contributed by atoms with Crippen molar-refractivity contribution in [3.05, 3.63) is 18.3 Å². The molecule has 1 saturated heterocycles. The molecule has 0 aromatic carbocycles. The van der Waals surface area contributed by atoms with Crippen molar-refractivity contribution in [3.63, 3.8) is 0 Å². The van der Waals surface area contributed by atoms with Crippen LogP contribution in [-0.4, -0.2) is 38.4 Å². The second-order valence-corrected chi connectivity index (χ2v) is 7.86. The summed E-state index contributed by atoms with van der Waals surface area (Å²) in [5.41, 5.74) is 5.33. The van der Waals surface area contributed by atoms with Gasteiger partial charge in [0, 0.05) is 31.2 Å². The molecule has 1 fully saturated rings. The number of aromatic nitrogens is 1. The number of rotatable bonds is 7. The lowest BCUT2D eigenvalue weighted by molar-refractivity contribution is -0.122. The molecule has 0 atom stereocenters. The zero-order valence-electron chi connectivity index (χ0n) is 14.2. The number of amides is 1. The minimum absolute atomic E-state index is 0.0671. The van der Waals surface area contributed by atoms with Gasteiger partial charge in [0.1, 0.15) is 10.7 Å². The van der Waals surface area contributed by atoms with Crippen LogP contribution in [0.4, 0.5) is 5.82 Å². The van der Waals surface area contributed by atoms with Gasteiger partial charge in [-0.2, -0.15) is 0 Å². The molecule has 2 rings (SSSR count). The Balaban J connectivity index is 2.04. The normalized spacial score (nSPS) is 16.5. The van der Waals surface area contributed by atoms with E-state index in [4.69, 9.17) is 5.73 Å². The lowest BCUT2D eigenvalue weighted by Crippen LogP contribution is -2.39. The standard InChI is InChI=1S/C16H26N4O3S/c1-3-13(4-2)19-24(22,23)14-5-6-15(18-11-14)20-9-7-12(8-10-20)16(17)21/h5-6,11-13,19H,3-4,7-10H2,1-2H3,(H2,17,21). The zero-order valence-corrected chi connectivity index (χ0v) is 15.1. The van der Waals surface area contributed by atoms with Gasteiger partial charge in [0.2, 0.25) is 15.9 Å². The van der Waals surface area contributed by atoms with Crippen LogP contribution >= 0.6 is 0 Å². The van der Waals surface area contributed by atoms with E-state index in [2.05, 4.69) is 9.71 Å². The molecule has 1 aromatic rings. The highest BCUT2D eigenvalue weighted by atomic mass is 32.2. The molecule has 0 aliphatic carbocycles. The molecule has 0 radical (unpaired) electrons. The summed E-state index contributed by atoms with van der Waals surface area (Å²) in [5, 5.41) is 0. The lowest BCUT2D eigenvalue weighted by atomic mass is 9.96. The van der Waals surface area contributed by atoms with Gasteiger partial charge >= 0.3 is 0 Å². The number of carbonyl (C=O) groups excluding carboxylic acids is 1. The first-order valence-corrected chi connectivity index (χ1v) is 9.88. The van der Waals surface area contributed by atoms with E-state index < -0.39 is 10.0 Å². The Kier molecular flexibility index (Phi) is 6.17. The van der Waals surface area contributed by atoms with Crippen LogP contribution in [0.5, 0.6) is 0 Å². The predicted molar refractivity (Wildman–Crippen MR) is 93.1 cm³/mol. The molecule has 134 valence electrons. The van der Waals surface area contributed by atoms with Crippen LogP contribution in [0.1, 0.15) is 39.5 Å². The fraction of sp³-hybridized carbons (Fsp3) is 0.625. The SMILES string of the molecule is CCC(CC)NS(=O)(=O)c1ccc(N2CCC(C(N)=O)CC2)nc1. The molecule has 8 heteroatoms. The van der Waals surface area contributed by atoms with Gasteiger partial charge < -0.3 is 10.6 Å². The smallest absolute Gasteiger partial charge is 0.242 e. The number of hydrogen-bond acceptors (Lipinski definition) is 5. The van der Waals surface area contributed by atoms with Gasteiger partial charge in [-0.25, -0.2) is 18.1 Å².